The van der Waals surface area contributed by atoms with Crippen molar-refractivity contribution >= 4 is 11.9 Å². The van der Waals surface area contributed by atoms with Gasteiger partial charge in [-0.3, -0.25) is 9.59 Å². The highest BCUT2D eigenvalue weighted by molar-refractivity contribution is 5.77. The summed E-state index contributed by atoms with van der Waals surface area (Å²) in [5, 5.41) is 0. The zero-order valence-corrected chi connectivity index (χ0v) is 7.20. The van der Waals surface area contributed by atoms with E-state index in [4.69, 9.17) is 4.74 Å². The molecule has 1 heterocycles. The van der Waals surface area contributed by atoms with E-state index in [0.717, 1.165) is 0 Å². The molecule has 0 aromatic heterocycles. The molecule has 0 aliphatic carbocycles. The Morgan fingerprint density at radius 2 is 2.33 bits per heavy atom. The minimum Gasteiger partial charge on any atom is -0.469 e. The van der Waals surface area contributed by atoms with Gasteiger partial charge in [0.1, 0.15) is 6.10 Å². The Balaban J connectivity index is 2.56. The van der Waals surface area contributed by atoms with Gasteiger partial charge in [-0.25, -0.2) is 0 Å². The Kier molecular flexibility index (Phi) is 2.68. The molecule has 2 atom stereocenters. The standard InChI is InChI=1S/C8H12O4/c1-5-6(8(10)11-2)3-4-7(9)12-5/h5-6H,3-4H2,1-2H3/t5-,6-/m1/s1. The highest BCUT2D eigenvalue weighted by atomic mass is 16.6. The van der Waals surface area contributed by atoms with E-state index in [1.807, 2.05) is 0 Å². The van der Waals surface area contributed by atoms with E-state index in [1.165, 1.54) is 7.11 Å². The van der Waals surface area contributed by atoms with Gasteiger partial charge in [0, 0.05) is 6.42 Å². The van der Waals surface area contributed by atoms with Crippen molar-refractivity contribution in [2.75, 3.05) is 7.11 Å². The van der Waals surface area contributed by atoms with Crippen molar-refractivity contribution in [3.8, 4) is 0 Å². The summed E-state index contributed by atoms with van der Waals surface area (Å²) < 4.78 is 9.45. The van der Waals surface area contributed by atoms with Crippen LogP contribution in [-0.2, 0) is 19.1 Å². The van der Waals surface area contributed by atoms with E-state index >= 15 is 0 Å². The summed E-state index contributed by atoms with van der Waals surface area (Å²) in [6.07, 6.45) is 0.496. The molecule has 0 aromatic rings. The van der Waals surface area contributed by atoms with Crippen LogP contribution in [0.1, 0.15) is 19.8 Å². The summed E-state index contributed by atoms with van der Waals surface area (Å²) in [6, 6.07) is 0. The van der Waals surface area contributed by atoms with E-state index in [2.05, 4.69) is 4.74 Å². The zero-order chi connectivity index (χ0) is 9.14. The average Bonchev–Trinajstić information content (AvgIpc) is 2.03. The van der Waals surface area contributed by atoms with Crippen molar-refractivity contribution in [1.82, 2.24) is 0 Å². The minimum atomic E-state index is -0.348. The molecule has 4 nitrogen and oxygen atoms in total. The molecule has 0 unspecified atom stereocenters. The molecule has 12 heavy (non-hydrogen) atoms. The molecule has 0 aromatic carbocycles. The fraction of sp³-hybridized carbons (Fsp3) is 0.750. The predicted molar refractivity (Wildman–Crippen MR) is 40.3 cm³/mol. The van der Waals surface area contributed by atoms with Crippen LogP contribution in [0.15, 0.2) is 0 Å². The highest BCUT2D eigenvalue weighted by Gasteiger charge is 2.33. The van der Waals surface area contributed by atoms with Gasteiger partial charge in [-0.2, -0.15) is 0 Å². The summed E-state index contributed by atoms with van der Waals surface area (Å²) in [4.78, 5) is 21.8. The van der Waals surface area contributed by atoms with Crippen molar-refractivity contribution in [2.45, 2.75) is 25.9 Å². The summed E-state index contributed by atoms with van der Waals surface area (Å²) >= 11 is 0. The van der Waals surface area contributed by atoms with Crippen molar-refractivity contribution < 1.29 is 19.1 Å². The van der Waals surface area contributed by atoms with Crippen LogP contribution in [0, 0.1) is 5.92 Å². The van der Waals surface area contributed by atoms with Crippen LogP contribution in [0.5, 0.6) is 0 Å². The first kappa shape index (κ1) is 9.03. The van der Waals surface area contributed by atoms with Gasteiger partial charge < -0.3 is 9.47 Å². The first-order valence-electron chi connectivity index (χ1n) is 3.92. The molecule has 1 aliphatic rings. The van der Waals surface area contributed by atoms with Gasteiger partial charge in [0.2, 0.25) is 0 Å². The van der Waals surface area contributed by atoms with E-state index < -0.39 is 0 Å². The zero-order valence-electron chi connectivity index (χ0n) is 7.20. The third-order valence-electron chi connectivity index (χ3n) is 2.05. The van der Waals surface area contributed by atoms with Crippen molar-refractivity contribution in [3.63, 3.8) is 0 Å². The number of hydrogen-bond acceptors (Lipinski definition) is 4. The molecule has 0 N–H and O–H groups in total. The van der Waals surface area contributed by atoms with Crippen LogP contribution in [0.2, 0.25) is 0 Å². The lowest BCUT2D eigenvalue weighted by molar-refractivity contribution is -0.166. The second-order valence-electron chi connectivity index (χ2n) is 2.86. The first-order chi connectivity index (χ1) is 5.65. The molecule has 1 rings (SSSR count). The number of cyclic esters (lactones) is 1. The average molecular weight is 172 g/mol. The Labute approximate surface area is 70.8 Å². The highest BCUT2D eigenvalue weighted by Crippen LogP contribution is 2.22. The molecular formula is C8H12O4. The van der Waals surface area contributed by atoms with E-state index in [9.17, 15) is 9.59 Å². The molecule has 0 amide bonds. The number of ether oxygens (including phenoxy) is 2. The fourth-order valence-electron chi connectivity index (χ4n) is 1.32. The molecule has 0 spiro atoms. The Hall–Kier alpha value is -1.06. The summed E-state index contributed by atoms with van der Waals surface area (Å²) in [5.74, 6) is -0.814. The van der Waals surface area contributed by atoms with Gasteiger partial charge in [0.15, 0.2) is 0 Å². The molecule has 0 saturated carbocycles. The maximum atomic E-state index is 11.1. The van der Waals surface area contributed by atoms with Crippen molar-refractivity contribution in [2.24, 2.45) is 5.92 Å². The van der Waals surface area contributed by atoms with Gasteiger partial charge in [-0.15, -0.1) is 0 Å². The van der Waals surface area contributed by atoms with E-state index in [0.29, 0.717) is 12.8 Å². The minimum absolute atomic E-state index is 0.234. The second-order valence-corrected chi connectivity index (χ2v) is 2.86. The monoisotopic (exact) mass is 172 g/mol. The van der Waals surface area contributed by atoms with Crippen LogP contribution >= 0.6 is 0 Å². The van der Waals surface area contributed by atoms with Crippen LogP contribution < -0.4 is 0 Å². The van der Waals surface area contributed by atoms with Gasteiger partial charge in [0.25, 0.3) is 0 Å². The van der Waals surface area contributed by atoms with Crippen molar-refractivity contribution in [1.29, 1.82) is 0 Å². The lowest BCUT2D eigenvalue weighted by atomic mass is 9.95. The second kappa shape index (κ2) is 3.56. The molecule has 1 fully saturated rings. The van der Waals surface area contributed by atoms with Gasteiger partial charge in [0.05, 0.1) is 13.0 Å². The topological polar surface area (TPSA) is 52.6 Å². The fourth-order valence-corrected chi connectivity index (χ4v) is 1.32. The van der Waals surface area contributed by atoms with Crippen LogP contribution in [0.3, 0.4) is 0 Å². The quantitative estimate of drug-likeness (QED) is 0.540. The summed E-state index contributed by atoms with van der Waals surface area (Å²) in [6.45, 7) is 1.71. The molecule has 1 saturated heterocycles. The number of esters is 2. The molecule has 0 bridgehead atoms. The molecule has 68 valence electrons. The molecule has 0 radical (unpaired) electrons. The van der Waals surface area contributed by atoms with Crippen molar-refractivity contribution in [3.05, 3.63) is 0 Å². The van der Waals surface area contributed by atoms with E-state index in [1.54, 1.807) is 6.92 Å². The number of carbonyl (C=O) groups is 2. The SMILES string of the molecule is COC(=O)[C@@H]1CCC(=O)O[C@@H]1C. The lowest BCUT2D eigenvalue weighted by Crippen LogP contribution is -2.35. The largest absolute Gasteiger partial charge is 0.469 e. The third-order valence-corrected chi connectivity index (χ3v) is 2.05. The van der Waals surface area contributed by atoms with Crippen LogP contribution in [-0.4, -0.2) is 25.2 Å². The third kappa shape index (κ3) is 1.75. The number of carbonyl (C=O) groups excluding carboxylic acids is 2. The summed E-state index contributed by atoms with van der Waals surface area (Å²) in [7, 11) is 1.34. The number of hydrogen-bond donors (Lipinski definition) is 0. The molecular weight excluding hydrogens is 160 g/mol. The predicted octanol–water partition coefficient (Wildman–Crippen LogP) is 0.501. The maximum absolute atomic E-state index is 11.1. The number of rotatable bonds is 1. The Bertz CT molecular complexity index is 199. The normalized spacial score (nSPS) is 29.3. The molecule has 4 heteroatoms. The van der Waals surface area contributed by atoms with Crippen LogP contribution in [0.4, 0.5) is 0 Å². The first-order valence-corrected chi connectivity index (χ1v) is 3.92. The van der Waals surface area contributed by atoms with Gasteiger partial charge in [-0.05, 0) is 13.3 Å². The molecule has 1 aliphatic heterocycles. The maximum Gasteiger partial charge on any atom is 0.312 e. The summed E-state index contributed by atoms with van der Waals surface area (Å²) in [5.41, 5.74) is 0. The van der Waals surface area contributed by atoms with Gasteiger partial charge in [-0.1, -0.05) is 0 Å². The Morgan fingerprint density at radius 1 is 1.67 bits per heavy atom. The van der Waals surface area contributed by atoms with E-state index in [-0.39, 0.29) is 24.0 Å². The van der Waals surface area contributed by atoms with Gasteiger partial charge >= 0.3 is 11.9 Å². The number of methoxy groups -OCH3 is 1. The van der Waals surface area contributed by atoms with Crippen LogP contribution in [0.25, 0.3) is 0 Å². The lowest BCUT2D eigenvalue weighted by Gasteiger charge is -2.25. The smallest absolute Gasteiger partial charge is 0.312 e. The Morgan fingerprint density at radius 3 is 2.83 bits per heavy atom.